The summed E-state index contributed by atoms with van der Waals surface area (Å²) >= 11 is 0. The lowest BCUT2D eigenvalue weighted by molar-refractivity contribution is 0.475. The second-order valence-electron chi connectivity index (χ2n) is 4.79. The maximum Gasteiger partial charge on any atom is 0.344 e. The van der Waals surface area contributed by atoms with E-state index >= 15 is 0 Å². The molecule has 0 amide bonds. The molecule has 0 saturated carbocycles. The van der Waals surface area contributed by atoms with Gasteiger partial charge in [-0.05, 0) is 23.9 Å². The molecule has 104 valence electrons. The van der Waals surface area contributed by atoms with Crippen molar-refractivity contribution in [3.63, 3.8) is 0 Å². The molecule has 3 aromatic rings. The van der Waals surface area contributed by atoms with Gasteiger partial charge in [-0.2, -0.15) is 0 Å². The highest BCUT2D eigenvalue weighted by Gasteiger charge is 2.14. The van der Waals surface area contributed by atoms with Gasteiger partial charge in [-0.3, -0.25) is 0 Å². The molecule has 1 aromatic heterocycles. The highest BCUT2D eigenvalue weighted by Crippen LogP contribution is 2.30. The number of allylic oxidation sites excluding steroid dienone is 1. The Balaban J connectivity index is 2.40. The van der Waals surface area contributed by atoms with Crippen LogP contribution in [-0.2, 0) is 6.42 Å². The van der Waals surface area contributed by atoms with Crippen LogP contribution < -0.4 is 5.63 Å². The molecule has 0 atom stereocenters. The predicted molar refractivity (Wildman–Crippen MR) is 83.5 cm³/mol. The Labute approximate surface area is 121 Å². The Bertz CT molecular complexity index is 861. The van der Waals surface area contributed by atoms with Gasteiger partial charge in [0.05, 0.1) is 5.39 Å². The van der Waals surface area contributed by atoms with E-state index in [9.17, 15) is 9.90 Å². The van der Waals surface area contributed by atoms with Crippen molar-refractivity contribution in [2.24, 2.45) is 0 Å². The zero-order chi connectivity index (χ0) is 14.8. The Kier molecular flexibility index (Phi) is 3.32. The van der Waals surface area contributed by atoms with Crippen LogP contribution in [0.2, 0.25) is 0 Å². The molecule has 0 unspecified atom stereocenters. The van der Waals surface area contributed by atoms with Crippen LogP contribution in [0.5, 0.6) is 5.75 Å². The van der Waals surface area contributed by atoms with Crippen LogP contribution in [0.4, 0.5) is 0 Å². The van der Waals surface area contributed by atoms with Gasteiger partial charge in [0.1, 0.15) is 11.5 Å². The number of hydrogen-bond acceptors (Lipinski definition) is 3. The molecule has 0 spiro atoms. The molecule has 3 nitrogen and oxygen atoms in total. The van der Waals surface area contributed by atoms with Crippen LogP contribution >= 0.6 is 0 Å². The van der Waals surface area contributed by atoms with Crippen LogP contribution in [0.15, 0.2) is 70.4 Å². The Morgan fingerprint density at radius 2 is 1.86 bits per heavy atom. The van der Waals surface area contributed by atoms with Crippen LogP contribution in [0.25, 0.3) is 22.1 Å². The van der Waals surface area contributed by atoms with Gasteiger partial charge in [0.2, 0.25) is 0 Å². The summed E-state index contributed by atoms with van der Waals surface area (Å²) in [5.41, 5.74) is 1.29. The summed E-state index contributed by atoms with van der Waals surface area (Å²) in [6, 6.07) is 14.3. The van der Waals surface area contributed by atoms with Gasteiger partial charge in [0.15, 0.2) is 0 Å². The molecule has 0 radical (unpaired) electrons. The second-order valence-corrected chi connectivity index (χ2v) is 4.79. The number of aromatic hydroxyl groups is 1. The second kappa shape index (κ2) is 5.29. The molecular formula is C18H14O3. The molecule has 1 N–H and O–H groups in total. The van der Waals surface area contributed by atoms with Crippen molar-refractivity contribution in [3.05, 3.63) is 77.2 Å². The van der Waals surface area contributed by atoms with Crippen LogP contribution in [0, 0.1) is 0 Å². The predicted octanol–water partition coefficient (Wildman–Crippen LogP) is 3.89. The molecule has 0 saturated heterocycles. The zero-order valence-corrected chi connectivity index (χ0v) is 11.4. The van der Waals surface area contributed by atoms with Gasteiger partial charge in [-0.1, -0.05) is 42.5 Å². The van der Waals surface area contributed by atoms with Crippen molar-refractivity contribution in [3.8, 4) is 17.1 Å². The fourth-order valence-electron chi connectivity index (χ4n) is 2.47. The molecule has 0 bridgehead atoms. The first-order valence-electron chi connectivity index (χ1n) is 6.65. The maximum absolute atomic E-state index is 12.2. The highest BCUT2D eigenvalue weighted by atomic mass is 16.4. The van der Waals surface area contributed by atoms with E-state index in [0.29, 0.717) is 17.6 Å². The summed E-state index contributed by atoms with van der Waals surface area (Å²) in [6.07, 6.45) is 2.35. The van der Waals surface area contributed by atoms with Crippen LogP contribution in [0.1, 0.15) is 5.56 Å². The number of hydrogen-bond donors (Lipinski definition) is 1. The molecule has 3 rings (SSSR count). The number of phenolic OH excluding ortho intramolecular Hbond substituents is 1. The van der Waals surface area contributed by atoms with E-state index in [0.717, 1.165) is 16.5 Å². The maximum atomic E-state index is 12.2. The smallest absolute Gasteiger partial charge is 0.344 e. The molecular weight excluding hydrogens is 264 g/mol. The molecule has 0 fully saturated rings. The Morgan fingerprint density at radius 3 is 2.57 bits per heavy atom. The van der Waals surface area contributed by atoms with E-state index in [1.54, 1.807) is 18.2 Å². The van der Waals surface area contributed by atoms with Crippen LogP contribution in [0.3, 0.4) is 0 Å². The van der Waals surface area contributed by atoms with Gasteiger partial charge < -0.3 is 9.52 Å². The molecule has 0 aliphatic heterocycles. The normalized spacial score (nSPS) is 10.7. The fraction of sp³-hybridized carbons (Fsp3) is 0.0556. The molecule has 0 aliphatic rings. The minimum absolute atomic E-state index is 0.0480. The van der Waals surface area contributed by atoms with E-state index < -0.39 is 5.63 Å². The van der Waals surface area contributed by atoms with E-state index in [4.69, 9.17) is 4.42 Å². The van der Waals surface area contributed by atoms with Gasteiger partial charge in [-0.25, -0.2) is 4.79 Å². The summed E-state index contributed by atoms with van der Waals surface area (Å²) in [4.78, 5) is 12.2. The van der Waals surface area contributed by atoms with E-state index in [1.807, 2.05) is 30.3 Å². The van der Waals surface area contributed by atoms with Crippen molar-refractivity contribution in [1.29, 1.82) is 0 Å². The van der Waals surface area contributed by atoms with Crippen molar-refractivity contribution in [2.75, 3.05) is 0 Å². The third-order valence-electron chi connectivity index (χ3n) is 3.40. The lowest BCUT2D eigenvalue weighted by Crippen LogP contribution is -2.04. The SMILES string of the molecule is C=CCc1c(-c2ccccc2)oc(=O)c2cc(O)ccc12. The highest BCUT2D eigenvalue weighted by molar-refractivity contribution is 5.89. The summed E-state index contributed by atoms with van der Waals surface area (Å²) < 4.78 is 5.50. The standard InChI is InChI=1S/C18H14O3/c1-2-6-15-14-10-9-13(19)11-16(14)18(20)21-17(15)12-7-4-3-5-8-12/h2-5,7-11,19H,1,6H2. The molecule has 1 heterocycles. The topological polar surface area (TPSA) is 50.4 Å². The first kappa shape index (κ1) is 13.2. The third kappa shape index (κ3) is 2.34. The van der Waals surface area contributed by atoms with Gasteiger partial charge >= 0.3 is 5.63 Å². The average Bonchev–Trinajstić information content (AvgIpc) is 2.51. The number of phenols is 1. The summed E-state index contributed by atoms with van der Waals surface area (Å²) in [7, 11) is 0. The van der Waals surface area contributed by atoms with Crippen molar-refractivity contribution < 1.29 is 9.52 Å². The van der Waals surface area contributed by atoms with Gasteiger partial charge in [-0.15, -0.1) is 6.58 Å². The summed E-state index contributed by atoms with van der Waals surface area (Å²) in [5.74, 6) is 0.602. The van der Waals surface area contributed by atoms with E-state index in [2.05, 4.69) is 6.58 Å². The quantitative estimate of drug-likeness (QED) is 0.739. The van der Waals surface area contributed by atoms with E-state index in [-0.39, 0.29) is 5.75 Å². The molecule has 0 aliphatic carbocycles. The fourth-order valence-corrected chi connectivity index (χ4v) is 2.47. The number of benzene rings is 2. The number of fused-ring (bicyclic) bond motifs is 1. The first-order valence-corrected chi connectivity index (χ1v) is 6.65. The number of rotatable bonds is 3. The van der Waals surface area contributed by atoms with Crippen molar-refractivity contribution in [1.82, 2.24) is 0 Å². The van der Waals surface area contributed by atoms with Gasteiger partial charge in [0, 0.05) is 11.1 Å². The minimum atomic E-state index is -0.451. The summed E-state index contributed by atoms with van der Waals surface area (Å²) in [6.45, 7) is 3.77. The Hall–Kier alpha value is -2.81. The zero-order valence-electron chi connectivity index (χ0n) is 11.4. The molecule has 2 aromatic carbocycles. The monoisotopic (exact) mass is 278 g/mol. The summed E-state index contributed by atoms with van der Waals surface area (Å²) in [5, 5.41) is 10.7. The van der Waals surface area contributed by atoms with Crippen molar-refractivity contribution in [2.45, 2.75) is 6.42 Å². The minimum Gasteiger partial charge on any atom is -0.508 e. The first-order chi connectivity index (χ1) is 10.2. The van der Waals surface area contributed by atoms with Crippen molar-refractivity contribution >= 4 is 10.8 Å². The Morgan fingerprint density at radius 1 is 1.10 bits per heavy atom. The lowest BCUT2D eigenvalue weighted by Gasteiger charge is -2.10. The average molecular weight is 278 g/mol. The molecule has 21 heavy (non-hydrogen) atoms. The van der Waals surface area contributed by atoms with E-state index in [1.165, 1.54) is 6.07 Å². The molecule has 3 heteroatoms. The largest absolute Gasteiger partial charge is 0.508 e. The lowest BCUT2D eigenvalue weighted by atomic mass is 9.99. The third-order valence-corrected chi connectivity index (χ3v) is 3.40. The van der Waals surface area contributed by atoms with Crippen LogP contribution in [-0.4, -0.2) is 5.11 Å². The van der Waals surface area contributed by atoms with Gasteiger partial charge in [0.25, 0.3) is 0 Å².